The summed E-state index contributed by atoms with van der Waals surface area (Å²) in [5.74, 6) is -1.48. The molecule has 0 bridgehead atoms. The highest BCUT2D eigenvalue weighted by atomic mass is 16.4. The molecule has 112 valence electrons. The van der Waals surface area contributed by atoms with Crippen molar-refractivity contribution in [2.24, 2.45) is 0 Å². The average molecular weight is 295 g/mol. The van der Waals surface area contributed by atoms with Crippen LogP contribution in [0.2, 0.25) is 0 Å². The van der Waals surface area contributed by atoms with E-state index in [2.05, 4.69) is 0 Å². The molecule has 3 rings (SSSR count). The second-order valence-electron chi connectivity index (χ2n) is 5.68. The Hall–Kier alpha value is -2.62. The number of benzene rings is 2. The van der Waals surface area contributed by atoms with E-state index in [1.54, 1.807) is 19.1 Å². The molecule has 1 aliphatic rings. The average Bonchev–Trinajstić information content (AvgIpc) is 2.62. The number of aliphatic carboxylic acids is 1. The number of carboxylic acids is 1. The molecule has 1 heterocycles. The Morgan fingerprint density at radius 3 is 2.64 bits per heavy atom. The summed E-state index contributed by atoms with van der Waals surface area (Å²) in [5.41, 5.74) is 3.81. The Kier molecular flexibility index (Phi) is 3.45. The van der Waals surface area contributed by atoms with Crippen LogP contribution in [0.15, 0.2) is 42.5 Å². The van der Waals surface area contributed by atoms with Crippen LogP contribution in [0.25, 0.3) is 0 Å². The first-order chi connectivity index (χ1) is 10.5. The number of carbonyl (C=O) groups is 2. The van der Waals surface area contributed by atoms with Crippen molar-refractivity contribution in [3.63, 3.8) is 0 Å². The molecule has 0 aliphatic carbocycles. The zero-order valence-corrected chi connectivity index (χ0v) is 12.5. The molecular weight excluding hydrogens is 278 g/mol. The van der Waals surface area contributed by atoms with Crippen LogP contribution in [-0.2, 0) is 11.3 Å². The van der Waals surface area contributed by atoms with Crippen LogP contribution in [-0.4, -0.2) is 23.9 Å². The highest BCUT2D eigenvalue weighted by Gasteiger charge is 2.25. The van der Waals surface area contributed by atoms with Crippen molar-refractivity contribution in [2.75, 3.05) is 11.9 Å². The van der Waals surface area contributed by atoms with Crippen molar-refractivity contribution in [3.8, 4) is 0 Å². The van der Waals surface area contributed by atoms with Gasteiger partial charge in [-0.05, 0) is 30.2 Å². The molecule has 1 aliphatic heterocycles. The first kappa shape index (κ1) is 14.3. The number of anilines is 1. The topological polar surface area (TPSA) is 57.6 Å². The van der Waals surface area contributed by atoms with E-state index < -0.39 is 11.9 Å². The molecule has 2 aromatic carbocycles. The summed E-state index contributed by atoms with van der Waals surface area (Å²) < 4.78 is 0. The van der Waals surface area contributed by atoms with Gasteiger partial charge in [-0.3, -0.25) is 9.59 Å². The summed E-state index contributed by atoms with van der Waals surface area (Å²) in [7, 11) is 1.92. The highest BCUT2D eigenvalue weighted by molar-refractivity contribution is 6.14. The minimum atomic E-state index is -0.870. The molecule has 2 aromatic rings. The molecule has 4 heteroatoms. The van der Waals surface area contributed by atoms with E-state index in [0.717, 1.165) is 11.3 Å². The Morgan fingerprint density at radius 1 is 1.18 bits per heavy atom. The highest BCUT2D eigenvalue weighted by Crippen LogP contribution is 2.32. The second kappa shape index (κ2) is 5.30. The van der Waals surface area contributed by atoms with Crippen LogP contribution in [0.1, 0.15) is 39.9 Å². The minimum absolute atomic E-state index is 0.00974. The number of carboxylic acid groups (broad SMARTS) is 1. The van der Waals surface area contributed by atoms with Crippen molar-refractivity contribution in [1.82, 2.24) is 0 Å². The molecule has 4 nitrogen and oxygen atoms in total. The minimum Gasteiger partial charge on any atom is -0.481 e. The molecule has 1 N–H and O–H groups in total. The predicted octanol–water partition coefficient (Wildman–Crippen LogP) is 3.06. The van der Waals surface area contributed by atoms with Gasteiger partial charge in [0.25, 0.3) is 0 Å². The number of ketones is 1. The SMILES string of the molecule is CC(C(=O)O)c1ccc2c(c1)N(C)Cc1ccccc1C2=O. The Balaban J connectivity index is 2.13. The molecule has 1 unspecified atom stereocenters. The lowest BCUT2D eigenvalue weighted by atomic mass is 9.95. The smallest absolute Gasteiger partial charge is 0.310 e. The van der Waals surface area contributed by atoms with Gasteiger partial charge in [-0.15, -0.1) is 0 Å². The first-order valence-electron chi connectivity index (χ1n) is 7.19. The Labute approximate surface area is 129 Å². The fourth-order valence-electron chi connectivity index (χ4n) is 2.83. The second-order valence-corrected chi connectivity index (χ2v) is 5.68. The standard InChI is InChI=1S/C18H17NO3/c1-11(18(21)22)12-7-8-15-16(9-12)19(2)10-13-5-3-4-6-14(13)17(15)20/h3-9,11H,10H2,1-2H3,(H,21,22). The molecule has 22 heavy (non-hydrogen) atoms. The Morgan fingerprint density at radius 2 is 1.91 bits per heavy atom. The van der Waals surface area contributed by atoms with E-state index >= 15 is 0 Å². The van der Waals surface area contributed by atoms with Crippen LogP contribution in [0, 0.1) is 0 Å². The van der Waals surface area contributed by atoms with Crippen LogP contribution >= 0.6 is 0 Å². The van der Waals surface area contributed by atoms with Gasteiger partial charge in [-0.2, -0.15) is 0 Å². The van der Waals surface area contributed by atoms with Gasteiger partial charge < -0.3 is 10.0 Å². The van der Waals surface area contributed by atoms with Gasteiger partial charge in [0.1, 0.15) is 0 Å². The van der Waals surface area contributed by atoms with Crippen LogP contribution in [0.5, 0.6) is 0 Å². The third-order valence-electron chi connectivity index (χ3n) is 4.22. The fourth-order valence-corrected chi connectivity index (χ4v) is 2.83. The first-order valence-corrected chi connectivity index (χ1v) is 7.19. The molecule has 0 radical (unpaired) electrons. The van der Waals surface area contributed by atoms with E-state index in [1.165, 1.54) is 0 Å². The summed E-state index contributed by atoms with van der Waals surface area (Å²) in [6.07, 6.45) is 0. The summed E-state index contributed by atoms with van der Waals surface area (Å²) in [6, 6.07) is 12.9. The van der Waals surface area contributed by atoms with Crippen LogP contribution in [0.3, 0.4) is 0 Å². The van der Waals surface area contributed by atoms with Crippen LogP contribution < -0.4 is 4.90 Å². The molecule has 0 spiro atoms. The van der Waals surface area contributed by atoms with Gasteiger partial charge in [-0.25, -0.2) is 0 Å². The molecule has 1 atom stereocenters. The van der Waals surface area contributed by atoms with Gasteiger partial charge in [0.2, 0.25) is 0 Å². The zero-order chi connectivity index (χ0) is 15.9. The number of hydrogen-bond acceptors (Lipinski definition) is 3. The lowest BCUT2D eigenvalue weighted by Crippen LogP contribution is -2.17. The van der Waals surface area contributed by atoms with Gasteiger partial charge in [0.15, 0.2) is 5.78 Å². The summed E-state index contributed by atoms with van der Waals surface area (Å²) in [5, 5.41) is 9.17. The maximum absolute atomic E-state index is 12.7. The largest absolute Gasteiger partial charge is 0.481 e. The number of nitrogens with zero attached hydrogens (tertiary/aromatic N) is 1. The number of fused-ring (bicyclic) bond motifs is 2. The van der Waals surface area contributed by atoms with Gasteiger partial charge in [-0.1, -0.05) is 30.3 Å². The maximum Gasteiger partial charge on any atom is 0.310 e. The Bertz CT molecular complexity index is 767. The molecular formula is C18H17NO3. The third-order valence-corrected chi connectivity index (χ3v) is 4.22. The number of rotatable bonds is 2. The van der Waals surface area contributed by atoms with E-state index in [9.17, 15) is 14.7 Å². The van der Waals surface area contributed by atoms with E-state index in [0.29, 0.717) is 23.2 Å². The van der Waals surface area contributed by atoms with Crippen molar-refractivity contribution >= 4 is 17.4 Å². The predicted molar refractivity (Wildman–Crippen MR) is 84.5 cm³/mol. The maximum atomic E-state index is 12.7. The van der Waals surface area contributed by atoms with E-state index in [1.807, 2.05) is 42.3 Å². The monoisotopic (exact) mass is 295 g/mol. The summed E-state index contributed by atoms with van der Waals surface area (Å²) in [6.45, 7) is 2.27. The van der Waals surface area contributed by atoms with Crippen molar-refractivity contribution in [1.29, 1.82) is 0 Å². The van der Waals surface area contributed by atoms with Gasteiger partial charge in [0.05, 0.1) is 5.92 Å². The molecule has 0 saturated carbocycles. The fraction of sp³-hybridized carbons (Fsp3) is 0.222. The molecule has 0 saturated heterocycles. The van der Waals surface area contributed by atoms with E-state index in [4.69, 9.17) is 0 Å². The summed E-state index contributed by atoms with van der Waals surface area (Å²) in [4.78, 5) is 25.9. The number of hydrogen-bond donors (Lipinski definition) is 1. The van der Waals surface area contributed by atoms with Gasteiger partial charge in [0, 0.05) is 30.4 Å². The lowest BCUT2D eigenvalue weighted by molar-refractivity contribution is -0.138. The van der Waals surface area contributed by atoms with Crippen LogP contribution in [0.4, 0.5) is 5.69 Å². The third kappa shape index (κ3) is 2.26. The van der Waals surface area contributed by atoms with Gasteiger partial charge >= 0.3 is 5.97 Å². The number of carbonyl (C=O) groups excluding carboxylic acids is 1. The zero-order valence-electron chi connectivity index (χ0n) is 12.5. The normalized spacial score (nSPS) is 14.8. The van der Waals surface area contributed by atoms with Crippen molar-refractivity contribution in [2.45, 2.75) is 19.4 Å². The quantitative estimate of drug-likeness (QED) is 0.925. The lowest BCUT2D eigenvalue weighted by Gasteiger charge is -2.21. The van der Waals surface area contributed by atoms with E-state index in [-0.39, 0.29) is 5.78 Å². The summed E-state index contributed by atoms with van der Waals surface area (Å²) >= 11 is 0. The van der Waals surface area contributed by atoms with Crippen molar-refractivity contribution < 1.29 is 14.7 Å². The molecule has 0 amide bonds. The molecule has 0 fully saturated rings. The molecule has 0 aromatic heterocycles. The van der Waals surface area contributed by atoms with Crippen molar-refractivity contribution in [3.05, 3.63) is 64.7 Å².